The highest BCUT2D eigenvalue weighted by atomic mass is 16.5. The molecule has 1 amide bonds. The molecule has 1 saturated heterocycles. The number of aromatic nitrogens is 4. The lowest BCUT2D eigenvalue weighted by atomic mass is 9.88. The summed E-state index contributed by atoms with van der Waals surface area (Å²) < 4.78 is 7.03. The van der Waals surface area contributed by atoms with Gasteiger partial charge in [-0.05, 0) is 59.6 Å². The maximum atomic E-state index is 12.9. The first-order valence-electron chi connectivity index (χ1n) is 14.5. The van der Waals surface area contributed by atoms with Crippen LogP contribution in [-0.4, -0.2) is 62.0 Å². The molecule has 4 heterocycles. The highest BCUT2D eigenvalue weighted by Gasteiger charge is 2.38. The predicted octanol–water partition coefficient (Wildman–Crippen LogP) is 5.70. The highest BCUT2D eigenvalue weighted by Crippen LogP contribution is 2.34. The van der Waals surface area contributed by atoms with E-state index in [-0.39, 0.29) is 5.91 Å². The van der Waals surface area contributed by atoms with Gasteiger partial charge < -0.3 is 19.1 Å². The number of carbonyl (C=O) groups is 1. The van der Waals surface area contributed by atoms with Gasteiger partial charge in [-0.15, -0.1) is 0 Å². The Morgan fingerprint density at radius 3 is 2.50 bits per heavy atom. The Hall–Kier alpha value is -4.11. The van der Waals surface area contributed by atoms with E-state index in [1.807, 2.05) is 53.2 Å². The molecule has 4 aromatic rings. The van der Waals surface area contributed by atoms with Gasteiger partial charge in [-0.25, -0.2) is 4.98 Å². The van der Waals surface area contributed by atoms with Crippen LogP contribution in [0.3, 0.4) is 0 Å². The van der Waals surface area contributed by atoms with Crippen LogP contribution in [0.5, 0.6) is 0 Å². The number of fused-ring (bicyclic) bond motifs is 1. The van der Waals surface area contributed by atoms with Crippen molar-refractivity contribution in [3.63, 3.8) is 0 Å². The molecule has 9 nitrogen and oxygen atoms in total. The highest BCUT2D eigenvalue weighted by molar-refractivity contribution is 5.82. The maximum Gasteiger partial charge on any atom is 0.226 e. The largest absolute Gasteiger partial charge is 0.383 e. The molecule has 1 aliphatic heterocycles. The van der Waals surface area contributed by atoms with E-state index in [4.69, 9.17) is 9.51 Å². The topological polar surface area (TPSA) is 110 Å². The number of aryl methyl sites for hydroxylation is 1. The van der Waals surface area contributed by atoms with Gasteiger partial charge >= 0.3 is 0 Å². The number of aliphatic hydroxyl groups is 1. The molecule has 0 spiro atoms. The summed E-state index contributed by atoms with van der Waals surface area (Å²) in [4.78, 5) is 27.9. The molecule has 222 valence electrons. The fourth-order valence-electron chi connectivity index (χ4n) is 4.82. The number of piperidine rings is 1. The second-order valence-corrected chi connectivity index (χ2v) is 11.6. The van der Waals surface area contributed by atoms with Gasteiger partial charge in [0.05, 0.1) is 18.3 Å². The monoisotopic (exact) mass is 570 g/mol. The molecule has 3 aromatic heterocycles. The predicted molar refractivity (Wildman–Crippen MR) is 166 cm³/mol. The van der Waals surface area contributed by atoms with Crippen molar-refractivity contribution in [1.29, 1.82) is 0 Å². The van der Waals surface area contributed by atoms with Crippen molar-refractivity contribution in [3.8, 4) is 11.5 Å². The number of amides is 1. The number of likely N-dealkylation sites (tertiary alicyclic amines) is 1. The molecular formula is C33H42N6O3. The molecule has 1 N–H and O–H groups in total. The van der Waals surface area contributed by atoms with Crippen LogP contribution in [-0.2, 0) is 23.9 Å². The van der Waals surface area contributed by atoms with Crippen molar-refractivity contribution >= 4 is 23.1 Å². The summed E-state index contributed by atoms with van der Waals surface area (Å²) in [6.07, 6.45) is 8.40. The van der Waals surface area contributed by atoms with E-state index in [2.05, 4.69) is 55.5 Å². The van der Waals surface area contributed by atoms with E-state index in [0.717, 1.165) is 28.0 Å². The first-order chi connectivity index (χ1) is 20.0. The number of nitrogens with zero attached hydrogens (tertiary/aromatic N) is 6. The Bertz CT molecular complexity index is 1540. The van der Waals surface area contributed by atoms with E-state index in [0.29, 0.717) is 55.5 Å². The Balaban J connectivity index is 0.000000446. The molecule has 1 aliphatic rings. The number of imidazole rings is 1. The Kier molecular flexibility index (Phi) is 9.73. The molecule has 0 atom stereocenters. The minimum absolute atomic E-state index is 0.0500. The Morgan fingerprint density at radius 2 is 1.90 bits per heavy atom. The average Bonchev–Trinajstić information content (AvgIpc) is 3.60. The minimum atomic E-state index is -1.06. The van der Waals surface area contributed by atoms with E-state index in [1.54, 1.807) is 19.5 Å². The van der Waals surface area contributed by atoms with Crippen LogP contribution >= 0.6 is 0 Å². The Labute approximate surface area is 248 Å². The van der Waals surface area contributed by atoms with E-state index >= 15 is 0 Å². The SMILES string of the molecule is C=C(C=NC)C(C)C.CC(C)c1ccc(-c2nc(C3(O)CCN(C(=O)Cc4ccc5oncc5c4)CC3)cn2C)nc1. The van der Waals surface area contributed by atoms with E-state index < -0.39 is 5.60 Å². The number of hydrogen-bond donors (Lipinski definition) is 1. The first-order valence-corrected chi connectivity index (χ1v) is 14.5. The standard InChI is InChI=1S/C26H29N5O3.C7H13N/c1-17(2)19-5-6-21(27-14-19)25-29-23(16-30(25)3)26(33)8-10-31(11-9-26)24(32)13-18-4-7-22-20(12-18)15-28-34-22;1-6(2)7(3)5-8-4/h4-7,12,14-17,33H,8-11,13H2,1-3H3;5-6H,3H2,1-2,4H3. The molecular weight excluding hydrogens is 528 g/mol. The van der Waals surface area contributed by atoms with Crippen molar-refractivity contribution in [3.05, 3.63) is 77.9 Å². The third kappa shape index (κ3) is 7.20. The molecule has 1 fully saturated rings. The van der Waals surface area contributed by atoms with Crippen molar-refractivity contribution in [1.82, 2.24) is 24.6 Å². The van der Waals surface area contributed by atoms with Gasteiger partial charge in [-0.3, -0.25) is 14.8 Å². The summed E-state index contributed by atoms with van der Waals surface area (Å²) in [5, 5.41) is 16.0. The van der Waals surface area contributed by atoms with Crippen LogP contribution in [0.25, 0.3) is 22.5 Å². The number of rotatable bonds is 7. The number of aliphatic imine (C=N–C) groups is 1. The summed E-state index contributed by atoms with van der Waals surface area (Å²) in [5.41, 5.74) is 4.24. The van der Waals surface area contributed by atoms with Gasteiger partial charge in [0.25, 0.3) is 0 Å². The molecule has 0 radical (unpaired) electrons. The van der Waals surface area contributed by atoms with Crippen LogP contribution in [0.2, 0.25) is 0 Å². The second kappa shape index (κ2) is 13.2. The lowest BCUT2D eigenvalue weighted by Gasteiger charge is -2.37. The lowest BCUT2D eigenvalue weighted by molar-refractivity contribution is -0.135. The molecule has 0 unspecified atom stereocenters. The zero-order valence-corrected chi connectivity index (χ0v) is 25.5. The maximum absolute atomic E-state index is 12.9. The van der Waals surface area contributed by atoms with Gasteiger partial charge in [-0.2, -0.15) is 0 Å². The summed E-state index contributed by atoms with van der Waals surface area (Å²) in [6.45, 7) is 13.2. The zero-order valence-electron chi connectivity index (χ0n) is 25.5. The van der Waals surface area contributed by atoms with Crippen molar-refractivity contribution in [2.24, 2.45) is 18.0 Å². The van der Waals surface area contributed by atoms with Crippen molar-refractivity contribution in [2.45, 2.75) is 58.5 Å². The molecule has 1 aromatic carbocycles. The van der Waals surface area contributed by atoms with Crippen LogP contribution < -0.4 is 0 Å². The van der Waals surface area contributed by atoms with Crippen molar-refractivity contribution < 1.29 is 14.4 Å². The number of pyridine rings is 1. The van der Waals surface area contributed by atoms with Crippen molar-refractivity contribution in [2.75, 3.05) is 20.1 Å². The second-order valence-electron chi connectivity index (χ2n) is 11.6. The smallest absolute Gasteiger partial charge is 0.226 e. The molecule has 0 aliphatic carbocycles. The lowest BCUT2D eigenvalue weighted by Crippen LogP contribution is -2.45. The van der Waals surface area contributed by atoms with Gasteiger partial charge in [0.2, 0.25) is 5.91 Å². The minimum Gasteiger partial charge on any atom is -0.383 e. The third-order valence-corrected chi connectivity index (χ3v) is 7.79. The van der Waals surface area contributed by atoms with E-state index in [9.17, 15) is 9.90 Å². The fraction of sp³-hybridized carbons (Fsp3) is 0.424. The summed E-state index contributed by atoms with van der Waals surface area (Å²) in [5.74, 6) is 1.71. The normalized spacial score (nSPS) is 14.9. The molecule has 9 heteroatoms. The number of allylic oxidation sites excluding steroid dienone is 1. The summed E-state index contributed by atoms with van der Waals surface area (Å²) >= 11 is 0. The summed E-state index contributed by atoms with van der Waals surface area (Å²) in [6, 6.07) is 9.71. The van der Waals surface area contributed by atoms with Gasteiger partial charge in [-0.1, -0.05) is 51.6 Å². The van der Waals surface area contributed by atoms with E-state index in [1.165, 1.54) is 5.56 Å². The zero-order chi connectivity index (χ0) is 30.4. The number of carbonyl (C=O) groups excluding carboxylic acids is 1. The number of benzene rings is 1. The van der Waals surface area contributed by atoms with Gasteiger partial charge in [0.1, 0.15) is 11.3 Å². The number of hydrogen-bond acceptors (Lipinski definition) is 7. The van der Waals surface area contributed by atoms with Crippen LogP contribution in [0, 0.1) is 5.92 Å². The van der Waals surface area contributed by atoms with Crippen LogP contribution in [0.15, 0.2) is 70.6 Å². The molecule has 42 heavy (non-hydrogen) atoms. The average molecular weight is 571 g/mol. The van der Waals surface area contributed by atoms with Crippen LogP contribution in [0.4, 0.5) is 0 Å². The molecule has 0 saturated carbocycles. The summed E-state index contributed by atoms with van der Waals surface area (Å²) in [7, 11) is 3.67. The quantitative estimate of drug-likeness (QED) is 0.286. The van der Waals surface area contributed by atoms with Crippen LogP contribution in [0.1, 0.15) is 63.3 Å². The Morgan fingerprint density at radius 1 is 1.17 bits per heavy atom. The third-order valence-electron chi connectivity index (χ3n) is 7.79. The fourth-order valence-corrected chi connectivity index (χ4v) is 4.82. The molecule has 5 rings (SSSR count). The van der Waals surface area contributed by atoms with Gasteiger partial charge in [0.15, 0.2) is 11.4 Å². The van der Waals surface area contributed by atoms with Gasteiger partial charge in [0, 0.05) is 51.2 Å². The first kappa shape index (κ1) is 30.8. The molecule has 0 bridgehead atoms.